The molecule has 1 heterocycles. The molecule has 5 heteroatoms. The molecule has 0 atom stereocenters. The van der Waals surface area contributed by atoms with Gasteiger partial charge in [0.25, 0.3) is 0 Å². The van der Waals surface area contributed by atoms with Crippen molar-refractivity contribution in [3.63, 3.8) is 0 Å². The first-order valence-corrected chi connectivity index (χ1v) is 5.52. The molecule has 2 aromatic rings. The zero-order chi connectivity index (χ0) is 11.4. The Morgan fingerprint density at radius 3 is 2.69 bits per heavy atom. The Balaban J connectivity index is 2.27. The van der Waals surface area contributed by atoms with Gasteiger partial charge in [0.15, 0.2) is 0 Å². The van der Waals surface area contributed by atoms with Crippen LogP contribution in [0.2, 0.25) is 0 Å². The van der Waals surface area contributed by atoms with Crippen LogP contribution in [0.5, 0.6) is 11.6 Å². The van der Waals surface area contributed by atoms with Gasteiger partial charge >= 0.3 is 0 Å². The van der Waals surface area contributed by atoms with Gasteiger partial charge in [0, 0.05) is 7.05 Å². The summed E-state index contributed by atoms with van der Waals surface area (Å²) in [7, 11) is 1.76. The van der Waals surface area contributed by atoms with Crippen LogP contribution in [0, 0.1) is 0 Å². The van der Waals surface area contributed by atoms with Crippen LogP contribution in [0.1, 0.15) is 0 Å². The maximum absolute atomic E-state index is 5.61. The molecule has 0 fully saturated rings. The highest BCUT2D eigenvalue weighted by molar-refractivity contribution is 9.10. The average Bonchev–Trinajstić information content (AvgIpc) is 2.33. The van der Waals surface area contributed by atoms with E-state index in [1.807, 2.05) is 30.3 Å². The maximum atomic E-state index is 5.61. The molecular formula is C11H10BrN3O. The lowest BCUT2D eigenvalue weighted by Crippen LogP contribution is -1.98. The average molecular weight is 280 g/mol. The van der Waals surface area contributed by atoms with Crippen molar-refractivity contribution in [2.24, 2.45) is 0 Å². The Labute approximate surface area is 102 Å². The first-order chi connectivity index (χ1) is 7.79. The molecule has 0 saturated heterocycles. The summed E-state index contributed by atoms with van der Waals surface area (Å²) < 4.78 is 6.33. The minimum atomic E-state index is 0.491. The van der Waals surface area contributed by atoms with E-state index >= 15 is 0 Å². The third-order valence-corrected chi connectivity index (χ3v) is 2.44. The molecule has 2 rings (SSSR count). The van der Waals surface area contributed by atoms with Gasteiger partial charge < -0.3 is 10.1 Å². The van der Waals surface area contributed by atoms with Crippen LogP contribution in [0.25, 0.3) is 0 Å². The SMILES string of the molecule is CNc1ncc(Br)c(Oc2ccccc2)n1. The van der Waals surface area contributed by atoms with Crippen molar-refractivity contribution in [2.45, 2.75) is 0 Å². The van der Waals surface area contributed by atoms with Gasteiger partial charge in [-0.1, -0.05) is 18.2 Å². The molecule has 0 bridgehead atoms. The molecule has 82 valence electrons. The predicted octanol–water partition coefficient (Wildman–Crippen LogP) is 3.07. The van der Waals surface area contributed by atoms with Gasteiger partial charge in [0.05, 0.1) is 10.7 Å². The van der Waals surface area contributed by atoms with Crippen LogP contribution >= 0.6 is 15.9 Å². The molecule has 16 heavy (non-hydrogen) atoms. The monoisotopic (exact) mass is 279 g/mol. The number of rotatable bonds is 3. The van der Waals surface area contributed by atoms with E-state index in [0.29, 0.717) is 11.8 Å². The second-order valence-corrected chi connectivity index (χ2v) is 3.87. The van der Waals surface area contributed by atoms with Crippen molar-refractivity contribution < 1.29 is 4.74 Å². The Kier molecular flexibility index (Phi) is 3.36. The summed E-state index contributed by atoms with van der Waals surface area (Å²) in [5.41, 5.74) is 0. The van der Waals surface area contributed by atoms with E-state index in [1.54, 1.807) is 13.2 Å². The molecule has 1 aromatic heterocycles. The maximum Gasteiger partial charge on any atom is 0.238 e. The Bertz CT molecular complexity index is 476. The molecular weight excluding hydrogens is 270 g/mol. The first-order valence-electron chi connectivity index (χ1n) is 4.73. The fraction of sp³-hybridized carbons (Fsp3) is 0.0909. The van der Waals surface area contributed by atoms with Crippen LogP contribution in [0.3, 0.4) is 0 Å². The van der Waals surface area contributed by atoms with E-state index in [0.717, 1.165) is 10.2 Å². The van der Waals surface area contributed by atoms with Crippen molar-refractivity contribution in [3.8, 4) is 11.6 Å². The summed E-state index contributed by atoms with van der Waals surface area (Å²) in [6.07, 6.45) is 1.65. The van der Waals surface area contributed by atoms with E-state index in [4.69, 9.17) is 4.74 Å². The van der Waals surface area contributed by atoms with Crippen molar-refractivity contribution in [2.75, 3.05) is 12.4 Å². The summed E-state index contributed by atoms with van der Waals surface area (Å²) in [5.74, 6) is 1.75. The summed E-state index contributed by atoms with van der Waals surface area (Å²) in [4.78, 5) is 8.24. The van der Waals surface area contributed by atoms with Crippen LogP contribution in [0.4, 0.5) is 5.95 Å². The van der Waals surface area contributed by atoms with Crippen molar-refractivity contribution in [3.05, 3.63) is 41.0 Å². The number of para-hydroxylation sites is 1. The number of hydrogen-bond donors (Lipinski definition) is 1. The fourth-order valence-electron chi connectivity index (χ4n) is 1.14. The highest BCUT2D eigenvalue weighted by atomic mass is 79.9. The molecule has 1 aromatic carbocycles. The van der Waals surface area contributed by atoms with E-state index in [1.165, 1.54) is 0 Å². The summed E-state index contributed by atoms with van der Waals surface area (Å²) >= 11 is 3.34. The van der Waals surface area contributed by atoms with Crippen molar-refractivity contribution in [1.82, 2.24) is 9.97 Å². The number of nitrogens with zero attached hydrogens (tertiary/aromatic N) is 2. The molecule has 0 spiro atoms. The van der Waals surface area contributed by atoms with Gasteiger partial charge in [-0.15, -0.1) is 0 Å². The number of anilines is 1. The van der Waals surface area contributed by atoms with Crippen molar-refractivity contribution in [1.29, 1.82) is 0 Å². The van der Waals surface area contributed by atoms with Gasteiger partial charge in [0.2, 0.25) is 11.8 Å². The third-order valence-electron chi connectivity index (χ3n) is 1.89. The van der Waals surface area contributed by atoms with Crippen LogP contribution in [-0.2, 0) is 0 Å². The zero-order valence-corrected chi connectivity index (χ0v) is 10.2. The van der Waals surface area contributed by atoms with E-state index < -0.39 is 0 Å². The lowest BCUT2D eigenvalue weighted by molar-refractivity contribution is 0.459. The third kappa shape index (κ3) is 2.49. The fourth-order valence-corrected chi connectivity index (χ4v) is 1.42. The summed E-state index contributed by atoms with van der Waals surface area (Å²) in [6.45, 7) is 0. The summed E-state index contributed by atoms with van der Waals surface area (Å²) in [6, 6.07) is 9.48. The Morgan fingerprint density at radius 1 is 1.25 bits per heavy atom. The second kappa shape index (κ2) is 4.94. The minimum absolute atomic E-state index is 0.491. The molecule has 1 N–H and O–H groups in total. The molecule has 0 aliphatic rings. The lowest BCUT2D eigenvalue weighted by Gasteiger charge is -2.07. The van der Waals surface area contributed by atoms with Gasteiger partial charge in [-0.05, 0) is 28.1 Å². The first kappa shape index (κ1) is 10.9. The quantitative estimate of drug-likeness (QED) is 0.938. The van der Waals surface area contributed by atoms with E-state index in [-0.39, 0.29) is 0 Å². The highest BCUT2D eigenvalue weighted by Crippen LogP contribution is 2.27. The molecule has 0 aliphatic heterocycles. The van der Waals surface area contributed by atoms with Gasteiger partial charge in [-0.25, -0.2) is 4.98 Å². The number of benzene rings is 1. The van der Waals surface area contributed by atoms with Crippen LogP contribution in [0.15, 0.2) is 41.0 Å². The van der Waals surface area contributed by atoms with E-state index in [9.17, 15) is 0 Å². The molecule has 0 aliphatic carbocycles. The Hall–Kier alpha value is -1.62. The number of halogens is 1. The minimum Gasteiger partial charge on any atom is -0.438 e. The zero-order valence-electron chi connectivity index (χ0n) is 8.64. The van der Waals surface area contributed by atoms with Gasteiger partial charge in [-0.3, -0.25) is 0 Å². The number of ether oxygens (including phenoxy) is 1. The number of hydrogen-bond acceptors (Lipinski definition) is 4. The standard InChI is InChI=1S/C11H10BrN3O/c1-13-11-14-7-9(12)10(15-11)16-8-5-3-2-4-6-8/h2-7H,1H3,(H,13,14,15). The number of nitrogens with one attached hydrogen (secondary N) is 1. The normalized spacial score (nSPS) is 9.88. The topological polar surface area (TPSA) is 47.0 Å². The molecule has 0 saturated carbocycles. The van der Waals surface area contributed by atoms with Gasteiger partial charge in [-0.2, -0.15) is 4.98 Å². The molecule has 4 nitrogen and oxygen atoms in total. The molecule has 0 amide bonds. The lowest BCUT2D eigenvalue weighted by atomic mass is 10.3. The predicted molar refractivity (Wildman–Crippen MR) is 65.8 cm³/mol. The summed E-state index contributed by atoms with van der Waals surface area (Å²) in [5, 5.41) is 2.86. The van der Waals surface area contributed by atoms with Crippen LogP contribution in [-0.4, -0.2) is 17.0 Å². The highest BCUT2D eigenvalue weighted by Gasteiger charge is 2.06. The molecule has 0 unspecified atom stereocenters. The molecule has 0 radical (unpaired) electrons. The van der Waals surface area contributed by atoms with Crippen molar-refractivity contribution >= 4 is 21.9 Å². The largest absolute Gasteiger partial charge is 0.438 e. The van der Waals surface area contributed by atoms with E-state index in [2.05, 4.69) is 31.2 Å². The van der Waals surface area contributed by atoms with Crippen LogP contribution < -0.4 is 10.1 Å². The second-order valence-electron chi connectivity index (χ2n) is 3.01. The Morgan fingerprint density at radius 2 is 2.00 bits per heavy atom. The number of aromatic nitrogens is 2. The van der Waals surface area contributed by atoms with Gasteiger partial charge in [0.1, 0.15) is 5.75 Å². The smallest absolute Gasteiger partial charge is 0.238 e.